The summed E-state index contributed by atoms with van der Waals surface area (Å²) in [5.41, 5.74) is 0.367. The summed E-state index contributed by atoms with van der Waals surface area (Å²) < 4.78 is 5.72. The van der Waals surface area contributed by atoms with Gasteiger partial charge in [-0.3, -0.25) is 4.79 Å². The summed E-state index contributed by atoms with van der Waals surface area (Å²) in [6.07, 6.45) is 1.23. The van der Waals surface area contributed by atoms with Gasteiger partial charge >= 0.3 is 5.97 Å². The molecule has 0 aliphatic heterocycles. The van der Waals surface area contributed by atoms with Crippen LogP contribution in [0.4, 0.5) is 0 Å². The highest BCUT2D eigenvalue weighted by Gasteiger charge is 2.16. The Bertz CT molecular complexity index is 653. The van der Waals surface area contributed by atoms with Crippen molar-refractivity contribution in [3.8, 4) is 0 Å². The monoisotopic (exact) mass is 278 g/mol. The van der Waals surface area contributed by atoms with E-state index in [-0.39, 0.29) is 10.6 Å². The van der Waals surface area contributed by atoms with E-state index in [9.17, 15) is 9.59 Å². The zero-order chi connectivity index (χ0) is 13.8. The first kappa shape index (κ1) is 13.3. The summed E-state index contributed by atoms with van der Waals surface area (Å²) in [7, 11) is 1.22. The predicted octanol–water partition coefficient (Wildman–Crippen LogP) is 1.73. The number of esters is 1. The molecule has 98 valence electrons. The third-order valence-corrected chi connectivity index (χ3v) is 2.93. The smallest absolute Gasteiger partial charge is 0.341 e. The van der Waals surface area contributed by atoms with Gasteiger partial charge in [0.05, 0.1) is 19.9 Å². The normalized spacial score (nSPS) is 10.2. The second-order valence-corrected chi connectivity index (χ2v) is 4.19. The lowest BCUT2D eigenvalue weighted by atomic mass is 10.2. The Hall–Kier alpha value is -2.14. The van der Waals surface area contributed by atoms with E-state index in [1.165, 1.54) is 18.0 Å². The van der Waals surface area contributed by atoms with Crippen LogP contribution in [-0.4, -0.2) is 22.9 Å². The van der Waals surface area contributed by atoms with Crippen LogP contribution in [0.5, 0.6) is 0 Å². The van der Waals surface area contributed by atoms with Gasteiger partial charge in [0.25, 0.3) is 5.56 Å². The lowest BCUT2D eigenvalue weighted by molar-refractivity contribution is 0.0600. The lowest BCUT2D eigenvalue weighted by Gasteiger charge is -2.07. The third-order valence-electron chi connectivity index (χ3n) is 2.57. The van der Waals surface area contributed by atoms with Crippen LogP contribution in [0.25, 0.3) is 0 Å². The van der Waals surface area contributed by atoms with Crippen molar-refractivity contribution in [2.75, 3.05) is 7.11 Å². The molecule has 2 rings (SSSR count). The third kappa shape index (κ3) is 2.82. The van der Waals surface area contributed by atoms with Gasteiger partial charge in [0.2, 0.25) is 0 Å². The van der Waals surface area contributed by atoms with Crippen LogP contribution in [0.1, 0.15) is 15.9 Å². The molecule has 0 atom stereocenters. The summed E-state index contributed by atoms with van der Waals surface area (Å²) in [5.74, 6) is -0.679. The molecule has 0 saturated heterocycles. The van der Waals surface area contributed by atoms with Crippen molar-refractivity contribution in [2.24, 2.45) is 0 Å². The number of ether oxygens (including phenoxy) is 1. The van der Waals surface area contributed by atoms with Crippen molar-refractivity contribution in [2.45, 2.75) is 6.54 Å². The Morgan fingerprint density at radius 1 is 1.37 bits per heavy atom. The number of carbonyl (C=O) groups excluding carboxylic acids is 1. The van der Waals surface area contributed by atoms with Gasteiger partial charge in [-0.1, -0.05) is 41.9 Å². The van der Waals surface area contributed by atoms with Gasteiger partial charge in [-0.15, -0.1) is 0 Å². The second kappa shape index (κ2) is 5.67. The molecule has 0 amide bonds. The van der Waals surface area contributed by atoms with Gasteiger partial charge in [-0.2, -0.15) is 5.10 Å². The fourth-order valence-corrected chi connectivity index (χ4v) is 1.81. The van der Waals surface area contributed by atoms with E-state index in [0.29, 0.717) is 6.54 Å². The molecule has 1 aromatic heterocycles. The van der Waals surface area contributed by atoms with Gasteiger partial charge in [0, 0.05) is 0 Å². The number of rotatable bonds is 3. The van der Waals surface area contributed by atoms with Gasteiger partial charge in [-0.25, -0.2) is 9.48 Å². The highest BCUT2D eigenvalue weighted by molar-refractivity contribution is 6.33. The van der Waals surface area contributed by atoms with Crippen molar-refractivity contribution in [1.29, 1.82) is 0 Å². The molecule has 5 nitrogen and oxygen atoms in total. The van der Waals surface area contributed by atoms with E-state index in [1.807, 2.05) is 30.3 Å². The number of hydrogen-bond donors (Lipinski definition) is 0. The number of benzene rings is 1. The molecule has 0 saturated carbocycles. The van der Waals surface area contributed by atoms with Gasteiger partial charge in [-0.05, 0) is 5.56 Å². The van der Waals surface area contributed by atoms with E-state index < -0.39 is 11.5 Å². The van der Waals surface area contributed by atoms with Gasteiger partial charge in [0.15, 0.2) is 0 Å². The molecule has 1 heterocycles. The Balaban J connectivity index is 2.37. The average Bonchev–Trinajstić information content (AvgIpc) is 2.44. The summed E-state index contributed by atoms with van der Waals surface area (Å²) in [6, 6.07) is 9.36. The lowest BCUT2D eigenvalue weighted by Crippen LogP contribution is -2.26. The Kier molecular flexibility index (Phi) is 3.97. The van der Waals surface area contributed by atoms with Crippen molar-refractivity contribution in [3.05, 3.63) is 63.0 Å². The van der Waals surface area contributed by atoms with Crippen LogP contribution in [0.15, 0.2) is 41.3 Å². The molecule has 0 N–H and O–H groups in total. The molecule has 6 heteroatoms. The molecular weight excluding hydrogens is 268 g/mol. The van der Waals surface area contributed by atoms with Crippen molar-refractivity contribution < 1.29 is 9.53 Å². The number of hydrogen-bond acceptors (Lipinski definition) is 4. The minimum Gasteiger partial charge on any atom is -0.465 e. The van der Waals surface area contributed by atoms with E-state index in [0.717, 1.165) is 5.56 Å². The second-order valence-electron chi connectivity index (χ2n) is 3.81. The summed E-state index contributed by atoms with van der Waals surface area (Å²) >= 11 is 5.86. The Labute approximate surface area is 114 Å². The molecule has 0 aliphatic carbocycles. The number of methoxy groups -OCH3 is 1. The molecule has 0 aliphatic rings. The zero-order valence-electron chi connectivity index (χ0n) is 10.2. The summed E-state index contributed by atoms with van der Waals surface area (Å²) in [4.78, 5) is 23.3. The summed E-state index contributed by atoms with van der Waals surface area (Å²) in [5, 5.41) is 3.74. The molecule has 1 aromatic carbocycles. The van der Waals surface area contributed by atoms with Crippen LogP contribution in [0.2, 0.25) is 5.02 Å². The van der Waals surface area contributed by atoms with Crippen LogP contribution >= 0.6 is 11.6 Å². The fourth-order valence-electron chi connectivity index (χ4n) is 1.59. The fraction of sp³-hybridized carbons (Fsp3) is 0.154. The van der Waals surface area contributed by atoms with Gasteiger partial charge in [0.1, 0.15) is 10.6 Å². The maximum atomic E-state index is 12.0. The predicted molar refractivity (Wildman–Crippen MR) is 70.4 cm³/mol. The molecular formula is C13H11ClN2O3. The molecule has 2 aromatic rings. The number of aromatic nitrogens is 2. The standard InChI is InChI=1S/C13H11ClN2O3/c1-19-13(18)10-7-15-16(12(17)11(10)14)8-9-5-3-2-4-6-9/h2-7H,8H2,1H3. The van der Waals surface area contributed by atoms with Crippen LogP contribution in [-0.2, 0) is 11.3 Å². The van der Waals surface area contributed by atoms with Crippen molar-refractivity contribution in [3.63, 3.8) is 0 Å². The first-order chi connectivity index (χ1) is 9.13. The highest BCUT2D eigenvalue weighted by atomic mass is 35.5. The van der Waals surface area contributed by atoms with E-state index >= 15 is 0 Å². The van der Waals surface area contributed by atoms with Crippen LogP contribution < -0.4 is 5.56 Å². The first-order valence-corrected chi connectivity index (χ1v) is 5.89. The Morgan fingerprint density at radius 2 is 2.05 bits per heavy atom. The molecule has 0 bridgehead atoms. The van der Waals surface area contributed by atoms with Gasteiger partial charge < -0.3 is 4.74 Å². The zero-order valence-corrected chi connectivity index (χ0v) is 10.9. The molecule has 0 radical (unpaired) electrons. The van der Waals surface area contributed by atoms with Crippen LogP contribution in [0.3, 0.4) is 0 Å². The minimum atomic E-state index is -0.679. The molecule has 0 spiro atoms. The average molecular weight is 279 g/mol. The van der Waals surface area contributed by atoms with Crippen LogP contribution in [0, 0.1) is 0 Å². The molecule has 19 heavy (non-hydrogen) atoms. The maximum absolute atomic E-state index is 12.0. The maximum Gasteiger partial charge on any atom is 0.341 e. The number of nitrogens with zero attached hydrogens (tertiary/aromatic N) is 2. The molecule has 0 fully saturated rings. The Morgan fingerprint density at radius 3 is 2.68 bits per heavy atom. The SMILES string of the molecule is COC(=O)c1cnn(Cc2ccccc2)c(=O)c1Cl. The van der Waals surface area contributed by atoms with E-state index in [1.54, 1.807) is 0 Å². The van der Waals surface area contributed by atoms with Crippen molar-refractivity contribution >= 4 is 17.6 Å². The topological polar surface area (TPSA) is 61.2 Å². The molecule has 0 unspecified atom stereocenters. The number of halogens is 1. The quantitative estimate of drug-likeness (QED) is 0.802. The number of carbonyl (C=O) groups is 1. The highest BCUT2D eigenvalue weighted by Crippen LogP contribution is 2.10. The first-order valence-electron chi connectivity index (χ1n) is 5.51. The van der Waals surface area contributed by atoms with E-state index in [2.05, 4.69) is 9.84 Å². The minimum absolute atomic E-state index is 0.0292. The van der Waals surface area contributed by atoms with E-state index in [4.69, 9.17) is 11.6 Å². The largest absolute Gasteiger partial charge is 0.465 e. The summed E-state index contributed by atoms with van der Waals surface area (Å²) in [6.45, 7) is 0.293. The van der Waals surface area contributed by atoms with Crippen molar-refractivity contribution in [1.82, 2.24) is 9.78 Å².